The number of rotatable bonds is 6. The molecule has 0 spiro atoms. The summed E-state index contributed by atoms with van der Waals surface area (Å²) in [7, 11) is 2.90. The van der Waals surface area contributed by atoms with E-state index in [0.29, 0.717) is 39.2 Å². The first-order valence-electron chi connectivity index (χ1n) is 9.06. The molecular formula is C19H19ClF3N5O3. The van der Waals surface area contributed by atoms with Crippen molar-refractivity contribution in [3.63, 3.8) is 0 Å². The molecule has 3 aromatic rings. The van der Waals surface area contributed by atoms with E-state index >= 15 is 0 Å². The van der Waals surface area contributed by atoms with Gasteiger partial charge in [-0.3, -0.25) is 4.79 Å². The molecule has 0 bridgehead atoms. The molecule has 0 fully saturated rings. The number of ether oxygens (including phenoxy) is 2. The fourth-order valence-electron chi connectivity index (χ4n) is 3.10. The van der Waals surface area contributed by atoms with Gasteiger partial charge in [0.05, 0.1) is 24.9 Å². The molecule has 2 aromatic heterocycles. The van der Waals surface area contributed by atoms with Gasteiger partial charge in [-0.1, -0.05) is 11.6 Å². The predicted molar refractivity (Wildman–Crippen MR) is 107 cm³/mol. The molecule has 1 N–H and O–H groups in total. The number of fused-ring (bicyclic) bond motifs is 1. The lowest BCUT2D eigenvalue weighted by molar-refractivity contribution is -0.144. The van der Waals surface area contributed by atoms with Gasteiger partial charge >= 0.3 is 6.18 Å². The lowest BCUT2D eigenvalue weighted by Crippen LogP contribution is -2.15. The summed E-state index contributed by atoms with van der Waals surface area (Å²) in [4.78, 5) is 20.0. The van der Waals surface area contributed by atoms with E-state index in [2.05, 4.69) is 20.4 Å². The maximum Gasteiger partial charge on any atom is 0.453 e. The number of halogens is 4. The molecule has 31 heavy (non-hydrogen) atoms. The molecule has 0 aliphatic rings. The molecule has 8 nitrogen and oxygen atoms in total. The fourth-order valence-corrected chi connectivity index (χ4v) is 3.34. The van der Waals surface area contributed by atoms with Crippen LogP contribution in [-0.4, -0.2) is 39.7 Å². The van der Waals surface area contributed by atoms with Crippen LogP contribution in [0, 0.1) is 13.8 Å². The lowest BCUT2D eigenvalue weighted by Gasteiger charge is -2.14. The van der Waals surface area contributed by atoms with Crippen molar-refractivity contribution in [2.24, 2.45) is 0 Å². The molecule has 3 rings (SSSR count). The minimum atomic E-state index is -4.67. The van der Waals surface area contributed by atoms with Gasteiger partial charge < -0.3 is 14.8 Å². The summed E-state index contributed by atoms with van der Waals surface area (Å²) in [6.45, 7) is 3.25. The summed E-state index contributed by atoms with van der Waals surface area (Å²) < 4.78 is 50.1. The van der Waals surface area contributed by atoms with Crippen LogP contribution in [0.1, 0.15) is 29.2 Å². The fraction of sp³-hybridized carbons (Fsp3) is 0.368. The number of hydrogen-bond acceptors (Lipinski definition) is 6. The molecular weight excluding hydrogens is 439 g/mol. The van der Waals surface area contributed by atoms with E-state index in [1.165, 1.54) is 20.3 Å². The van der Waals surface area contributed by atoms with E-state index in [9.17, 15) is 18.0 Å². The SMILES string of the molecule is COc1cc(OC)c(NC(=O)CCc2c(C)nc3nc(C(F)(F)F)nn3c2C)cc1Cl. The standard InChI is InChI=1S/C19H19ClF3N5O3/c1-9-11(10(2)28-18(24-9)26-17(27-28)19(21,22)23)5-6-16(29)25-13-7-12(20)14(30-3)8-15(13)31-4/h7-8H,5-6H2,1-4H3,(H,25,29). The Balaban J connectivity index is 1.80. The van der Waals surface area contributed by atoms with E-state index in [4.69, 9.17) is 21.1 Å². The topological polar surface area (TPSA) is 90.6 Å². The Hall–Kier alpha value is -3.08. The van der Waals surface area contributed by atoms with Crippen LogP contribution in [-0.2, 0) is 17.4 Å². The number of anilines is 1. The second kappa shape index (κ2) is 8.58. The number of aromatic nitrogens is 4. The van der Waals surface area contributed by atoms with Crippen molar-refractivity contribution >= 4 is 29.0 Å². The van der Waals surface area contributed by atoms with Gasteiger partial charge in [-0.15, -0.1) is 5.10 Å². The smallest absolute Gasteiger partial charge is 0.453 e. The number of benzene rings is 1. The largest absolute Gasteiger partial charge is 0.495 e. The molecule has 166 valence electrons. The number of nitrogens with one attached hydrogen (secondary N) is 1. The van der Waals surface area contributed by atoms with E-state index in [0.717, 1.165) is 4.52 Å². The second-order valence-corrected chi connectivity index (χ2v) is 7.05. The van der Waals surface area contributed by atoms with Crippen LogP contribution in [0.3, 0.4) is 0 Å². The number of methoxy groups -OCH3 is 2. The van der Waals surface area contributed by atoms with Crippen LogP contribution < -0.4 is 14.8 Å². The Bertz CT molecular complexity index is 1150. The Morgan fingerprint density at radius 2 is 1.84 bits per heavy atom. The average Bonchev–Trinajstić information content (AvgIpc) is 3.12. The first kappa shape index (κ1) is 22.6. The van der Waals surface area contributed by atoms with Gasteiger partial charge in [0.1, 0.15) is 11.5 Å². The van der Waals surface area contributed by atoms with Gasteiger partial charge in [-0.05, 0) is 31.9 Å². The minimum absolute atomic E-state index is 0.0441. The zero-order valence-electron chi connectivity index (χ0n) is 17.1. The van der Waals surface area contributed by atoms with Crippen LogP contribution in [0.4, 0.5) is 18.9 Å². The summed E-state index contributed by atoms with van der Waals surface area (Å²) in [5.41, 5.74) is 1.89. The van der Waals surface area contributed by atoms with Crippen LogP contribution in [0.2, 0.25) is 5.02 Å². The highest BCUT2D eigenvalue weighted by atomic mass is 35.5. The predicted octanol–water partition coefficient (Wildman–Crippen LogP) is 4.00. The van der Waals surface area contributed by atoms with Gasteiger partial charge in [0, 0.05) is 23.9 Å². The van der Waals surface area contributed by atoms with Crippen molar-refractivity contribution in [1.82, 2.24) is 19.6 Å². The normalized spacial score (nSPS) is 11.6. The van der Waals surface area contributed by atoms with Crippen LogP contribution >= 0.6 is 11.6 Å². The van der Waals surface area contributed by atoms with Crippen LogP contribution in [0.15, 0.2) is 12.1 Å². The highest BCUT2D eigenvalue weighted by molar-refractivity contribution is 6.32. The highest BCUT2D eigenvalue weighted by Gasteiger charge is 2.37. The quantitative estimate of drug-likeness (QED) is 0.601. The number of nitrogens with zero attached hydrogens (tertiary/aromatic N) is 4. The first-order valence-corrected chi connectivity index (χ1v) is 9.44. The summed E-state index contributed by atoms with van der Waals surface area (Å²) in [6.07, 6.45) is -4.39. The number of aryl methyl sites for hydroxylation is 2. The molecule has 2 heterocycles. The van der Waals surface area contributed by atoms with Crippen molar-refractivity contribution in [2.75, 3.05) is 19.5 Å². The summed E-state index contributed by atoms with van der Waals surface area (Å²) in [5, 5.41) is 6.52. The molecule has 0 saturated carbocycles. The molecule has 0 unspecified atom stereocenters. The Morgan fingerprint density at radius 3 is 2.45 bits per heavy atom. The highest BCUT2D eigenvalue weighted by Crippen LogP contribution is 2.36. The first-order chi connectivity index (χ1) is 14.5. The number of amides is 1. The van der Waals surface area contributed by atoms with E-state index in [1.54, 1.807) is 19.9 Å². The van der Waals surface area contributed by atoms with Gasteiger partial charge in [-0.25, -0.2) is 9.50 Å². The third-order valence-corrected chi connectivity index (χ3v) is 4.95. The maximum absolute atomic E-state index is 12.9. The molecule has 1 amide bonds. The third-order valence-electron chi connectivity index (χ3n) is 4.65. The minimum Gasteiger partial charge on any atom is -0.495 e. The lowest BCUT2D eigenvalue weighted by atomic mass is 10.1. The van der Waals surface area contributed by atoms with E-state index in [1.807, 2.05) is 0 Å². The van der Waals surface area contributed by atoms with Gasteiger partial charge in [0.2, 0.25) is 5.91 Å². The third kappa shape index (κ3) is 4.66. The molecule has 0 radical (unpaired) electrons. The zero-order valence-corrected chi connectivity index (χ0v) is 17.9. The molecule has 1 aromatic carbocycles. The Morgan fingerprint density at radius 1 is 1.16 bits per heavy atom. The summed E-state index contributed by atoms with van der Waals surface area (Å²) >= 11 is 6.11. The average molecular weight is 458 g/mol. The second-order valence-electron chi connectivity index (χ2n) is 6.64. The van der Waals surface area contributed by atoms with E-state index < -0.39 is 12.0 Å². The molecule has 0 saturated heterocycles. The number of carbonyl (C=O) groups is 1. The van der Waals surface area contributed by atoms with Gasteiger partial charge in [0.25, 0.3) is 11.6 Å². The van der Waals surface area contributed by atoms with Crippen molar-refractivity contribution in [3.8, 4) is 11.5 Å². The van der Waals surface area contributed by atoms with Gasteiger partial charge in [-0.2, -0.15) is 18.2 Å². The number of alkyl halides is 3. The van der Waals surface area contributed by atoms with E-state index in [-0.39, 0.29) is 24.5 Å². The molecule has 0 aliphatic heterocycles. The van der Waals surface area contributed by atoms with Crippen LogP contribution in [0.25, 0.3) is 5.78 Å². The Kier molecular flexibility index (Phi) is 6.25. The number of hydrogen-bond donors (Lipinski definition) is 1. The van der Waals surface area contributed by atoms with Crippen molar-refractivity contribution < 1.29 is 27.4 Å². The molecule has 0 aliphatic carbocycles. The zero-order chi connectivity index (χ0) is 22.9. The summed E-state index contributed by atoms with van der Waals surface area (Å²) in [5.74, 6) is -0.984. The van der Waals surface area contributed by atoms with Crippen molar-refractivity contribution in [1.29, 1.82) is 0 Å². The van der Waals surface area contributed by atoms with Crippen LogP contribution in [0.5, 0.6) is 11.5 Å². The van der Waals surface area contributed by atoms with Crippen molar-refractivity contribution in [3.05, 3.63) is 39.9 Å². The molecule has 0 atom stereocenters. The Labute approximate surface area is 180 Å². The van der Waals surface area contributed by atoms with Crippen molar-refractivity contribution in [2.45, 2.75) is 32.9 Å². The monoisotopic (exact) mass is 457 g/mol. The molecule has 12 heteroatoms. The number of carbonyl (C=O) groups excluding carboxylic acids is 1. The maximum atomic E-state index is 12.9. The van der Waals surface area contributed by atoms with Gasteiger partial charge in [0.15, 0.2) is 0 Å². The summed E-state index contributed by atoms with van der Waals surface area (Å²) in [6, 6.07) is 3.06.